The molecule has 0 spiro atoms. The van der Waals surface area contributed by atoms with Gasteiger partial charge >= 0.3 is 6.18 Å². The molecular formula is C18H22F3N5O. The highest BCUT2D eigenvalue weighted by atomic mass is 19.4. The van der Waals surface area contributed by atoms with Gasteiger partial charge < -0.3 is 15.0 Å². The summed E-state index contributed by atoms with van der Waals surface area (Å²) < 4.78 is 46.1. The number of aliphatic imine (C=N–C) groups is 1. The van der Waals surface area contributed by atoms with Gasteiger partial charge in [0.15, 0.2) is 5.96 Å². The van der Waals surface area contributed by atoms with E-state index in [0.717, 1.165) is 17.7 Å². The largest absolute Gasteiger partial charge is 0.416 e. The highest BCUT2D eigenvalue weighted by Gasteiger charge is 2.30. The molecule has 2 heterocycles. The molecule has 0 saturated carbocycles. The number of aromatic nitrogens is 2. The molecule has 1 fully saturated rings. The van der Waals surface area contributed by atoms with E-state index in [4.69, 9.17) is 4.74 Å². The van der Waals surface area contributed by atoms with Crippen molar-refractivity contribution < 1.29 is 17.9 Å². The molecule has 6 nitrogen and oxygen atoms in total. The maximum atomic E-state index is 12.9. The van der Waals surface area contributed by atoms with E-state index in [9.17, 15) is 13.2 Å². The van der Waals surface area contributed by atoms with Crippen LogP contribution in [-0.4, -0.2) is 47.4 Å². The molecule has 1 unspecified atom stereocenters. The van der Waals surface area contributed by atoms with Gasteiger partial charge in [-0.2, -0.15) is 18.3 Å². The number of alkyl halides is 3. The van der Waals surface area contributed by atoms with Crippen molar-refractivity contribution in [2.45, 2.75) is 18.8 Å². The third-order valence-corrected chi connectivity index (χ3v) is 4.38. The zero-order valence-electron chi connectivity index (χ0n) is 15.2. The Hall–Kier alpha value is -2.55. The van der Waals surface area contributed by atoms with Gasteiger partial charge in [0.2, 0.25) is 0 Å². The average Bonchev–Trinajstić information content (AvgIpc) is 3.09. The number of hydrogen-bond acceptors (Lipinski definition) is 3. The van der Waals surface area contributed by atoms with E-state index >= 15 is 0 Å². The Morgan fingerprint density at radius 2 is 2.22 bits per heavy atom. The molecule has 146 valence electrons. The number of rotatable bonds is 3. The second kappa shape index (κ2) is 7.99. The Morgan fingerprint density at radius 1 is 1.41 bits per heavy atom. The number of guanidine groups is 1. The van der Waals surface area contributed by atoms with Gasteiger partial charge in [0.25, 0.3) is 0 Å². The summed E-state index contributed by atoms with van der Waals surface area (Å²) >= 11 is 0. The van der Waals surface area contributed by atoms with Crippen molar-refractivity contribution in [3.63, 3.8) is 0 Å². The summed E-state index contributed by atoms with van der Waals surface area (Å²) in [5, 5.41) is 7.31. The number of hydrogen-bond donors (Lipinski definition) is 1. The van der Waals surface area contributed by atoms with Gasteiger partial charge in [-0.25, -0.2) is 0 Å². The second-order valence-electron chi connectivity index (χ2n) is 6.35. The SMILES string of the molecule is CN=C(NCc1cccc(C(F)(F)F)c1)N1CCOC(c2cnn(C)c2)C1. The van der Waals surface area contributed by atoms with Crippen LogP contribution in [-0.2, 0) is 24.5 Å². The quantitative estimate of drug-likeness (QED) is 0.656. The Labute approximate surface area is 155 Å². The Balaban J connectivity index is 1.64. The first-order valence-electron chi connectivity index (χ1n) is 8.58. The molecule has 0 aliphatic carbocycles. The maximum Gasteiger partial charge on any atom is 0.416 e. The minimum Gasteiger partial charge on any atom is -0.370 e. The van der Waals surface area contributed by atoms with Gasteiger partial charge in [-0.1, -0.05) is 12.1 Å². The lowest BCUT2D eigenvalue weighted by Gasteiger charge is -2.34. The summed E-state index contributed by atoms with van der Waals surface area (Å²) in [7, 11) is 3.50. The summed E-state index contributed by atoms with van der Waals surface area (Å²) in [5.74, 6) is 0.629. The third kappa shape index (κ3) is 4.79. The standard InChI is InChI=1S/C18H22F3N5O/c1-22-17(23-9-13-4-3-5-15(8-13)18(19,20)21)26-6-7-27-16(12-26)14-10-24-25(2)11-14/h3-5,8,10-11,16H,6-7,9,12H2,1-2H3,(H,22,23). The van der Waals surface area contributed by atoms with Crippen molar-refractivity contribution in [3.05, 3.63) is 53.3 Å². The lowest BCUT2D eigenvalue weighted by molar-refractivity contribution is -0.137. The van der Waals surface area contributed by atoms with Crippen LogP contribution in [0.2, 0.25) is 0 Å². The monoisotopic (exact) mass is 381 g/mol. The minimum atomic E-state index is -4.35. The van der Waals surface area contributed by atoms with E-state index in [1.807, 2.05) is 18.1 Å². The molecule has 1 atom stereocenters. The number of ether oxygens (including phenoxy) is 1. The molecule has 3 rings (SSSR count). The van der Waals surface area contributed by atoms with Gasteiger partial charge in [0.1, 0.15) is 6.10 Å². The van der Waals surface area contributed by atoms with Crippen molar-refractivity contribution >= 4 is 5.96 Å². The summed E-state index contributed by atoms with van der Waals surface area (Å²) in [4.78, 5) is 6.30. The van der Waals surface area contributed by atoms with Crippen molar-refractivity contribution in [3.8, 4) is 0 Å². The van der Waals surface area contributed by atoms with Gasteiger partial charge in [-0.05, 0) is 17.7 Å². The lowest BCUT2D eigenvalue weighted by Crippen LogP contribution is -2.47. The zero-order valence-corrected chi connectivity index (χ0v) is 15.2. The fraction of sp³-hybridized carbons (Fsp3) is 0.444. The predicted molar refractivity (Wildman–Crippen MR) is 95.1 cm³/mol. The van der Waals surface area contributed by atoms with E-state index in [-0.39, 0.29) is 12.6 Å². The van der Waals surface area contributed by atoms with E-state index in [2.05, 4.69) is 15.4 Å². The topological polar surface area (TPSA) is 54.7 Å². The molecule has 9 heteroatoms. The highest BCUT2D eigenvalue weighted by molar-refractivity contribution is 5.80. The van der Waals surface area contributed by atoms with Crippen molar-refractivity contribution in [2.24, 2.45) is 12.0 Å². The Kier molecular flexibility index (Phi) is 5.69. The normalized spacial score (nSPS) is 18.6. The number of nitrogens with one attached hydrogen (secondary N) is 1. The lowest BCUT2D eigenvalue weighted by atomic mass is 10.1. The zero-order chi connectivity index (χ0) is 19.4. The molecule has 1 aliphatic rings. The van der Waals surface area contributed by atoms with E-state index in [1.165, 1.54) is 6.07 Å². The molecule has 2 aromatic rings. The Morgan fingerprint density at radius 3 is 2.89 bits per heavy atom. The molecule has 0 amide bonds. The van der Waals surface area contributed by atoms with Crippen LogP contribution in [0.25, 0.3) is 0 Å². The fourth-order valence-electron chi connectivity index (χ4n) is 3.02. The van der Waals surface area contributed by atoms with E-state index in [1.54, 1.807) is 24.0 Å². The van der Waals surface area contributed by atoms with Crippen LogP contribution < -0.4 is 5.32 Å². The molecule has 27 heavy (non-hydrogen) atoms. The number of benzene rings is 1. The van der Waals surface area contributed by atoms with Gasteiger partial charge in [0.05, 0.1) is 24.9 Å². The highest BCUT2D eigenvalue weighted by Crippen LogP contribution is 2.29. The summed E-state index contributed by atoms with van der Waals surface area (Å²) in [5.41, 5.74) is 0.873. The average molecular weight is 381 g/mol. The Bertz CT molecular complexity index is 802. The molecular weight excluding hydrogens is 359 g/mol. The number of morpholine rings is 1. The fourth-order valence-corrected chi connectivity index (χ4v) is 3.02. The summed E-state index contributed by atoms with van der Waals surface area (Å²) in [6.07, 6.45) is -0.793. The summed E-state index contributed by atoms with van der Waals surface area (Å²) in [6, 6.07) is 5.29. The van der Waals surface area contributed by atoms with Gasteiger partial charge in [-0.3, -0.25) is 9.67 Å². The molecule has 1 aromatic carbocycles. The molecule has 1 aromatic heterocycles. The van der Waals surface area contributed by atoms with Crippen LogP contribution in [0.15, 0.2) is 41.7 Å². The minimum absolute atomic E-state index is 0.125. The van der Waals surface area contributed by atoms with Crippen LogP contribution >= 0.6 is 0 Å². The van der Waals surface area contributed by atoms with E-state index in [0.29, 0.717) is 31.2 Å². The van der Waals surface area contributed by atoms with Crippen LogP contribution in [0, 0.1) is 0 Å². The first-order chi connectivity index (χ1) is 12.9. The number of halogens is 3. The maximum absolute atomic E-state index is 12.9. The van der Waals surface area contributed by atoms with Crippen LogP contribution in [0.4, 0.5) is 13.2 Å². The third-order valence-electron chi connectivity index (χ3n) is 4.38. The van der Waals surface area contributed by atoms with Crippen molar-refractivity contribution in [1.29, 1.82) is 0 Å². The molecule has 0 radical (unpaired) electrons. The predicted octanol–water partition coefficient (Wildman–Crippen LogP) is 2.59. The number of aryl methyl sites for hydroxylation is 1. The molecule has 1 N–H and O–H groups in total. The van der Waals surface area contributed by atoms with Gasteiger partial charge in [0, 0.05) is 38.9 Å². The smallest absolute Gasteiger partial charge is 0.370 e. The first kappa shape index (κ1) is 19.2. The number of nitrogens with zero attached hydrogens (tertiary/aromatic N) is 4. The molecule has 1 aliphatic heterocycles. The van der Waals surface area contributed by atoms with Crippen LogP contribution in [0.1, 0.15) is 22.8 Å². The van der Waals surface area contributed by atoms with Crippen LogP contribution in [0.5, 0.6) is 0 Å². The molecule has 1 saturated heterocycles. The second-order valence-corrected chi connectivity index (χ2v) is 6.35. The molecule has 0 bridgehead atoms. The van der Waals surface area contributed by atoms with Crippen molar-refractivity contribution in [1.82, 2.24) is 20.0 Å². The van der Waals surface area contributed by atoms with Crippen molar-refractivity contribution in [2.75, 3.05) is 26.7 Å². The van der Waals surface area contributed by atoms with Crippen LogP contribution in [0.3, 0.4) is 0 Å². The first-order valence-corrected chi connectivity index (χ1v) is 8.58. The van der Waals surface area contributed by atoms with Gasteiger partial charge in [-0.15, -0.1) is 0 Å². The summed E-state index contributed by atoms with van der Waals surface area (Å²) in [6.45, 7) is 2.03. The van der Waals surface area contributed by atoms with E-state index < -0.39 is 11.7 Å².